The number of hydrogen-bond donors (Lipinski definition) is 2. The Morgan fingerprint density at radius 2 is 0.864 bits per heavy atom. The molecule has 2 N–H and O–H groups in total. The highest BCUT2D eigenvalue weighted by Crippen LogP contribution is 2.34. The van der Waals surface area contributed by atoms with Crippen LogP contribution in [0, 0.1) is 13.8 Å². The monoisotopic (exact) mass is 918 g/mol. The highest BCUT2D eigenvalue weighted by molar-refractivity contribution is 7.87. The van der Waals surface area contributed by atoms with Crippen LogP contribution in [-0.4, -0.2) is 63.2 Å². The number of rotatable bonds is 16. The molecule has 7 aromatic rings. The number of fused-ring (bicyclic) bond motifs is 8. The fourth-order valence-corrected chi connectivity index (χ4v) is 9.38. The number of benzene rings is 4. The molecule has 0 amide bonds. The molecule has 12 nitrogen and oxygen atoms in total. The summed E-state index contributed by atoms with van der Waals surface area (Å²) in [4.78, 5) is 17.5. The molecule has 2 aliphatic rings. The Bertz CT molecular complexity index is 3250. The minimum absolute atomic E-state index is 0.00135. The van der Waals surface area contributed by atoms with Crippen molar-refractivity contribution in [3.05, 3.63) is 167 Å². The summed E-state index contributed by atoms with van der Waals surface area (Å²) in [6.07, 6.45) is 8.73. The average molecular weight is 919 g/mol. The fraction of sp³-hybridized carbons (Fsp3) is 0.154. The summed E-state index contributed by atoms with van der Waals surface area (Å²) < 4.78 is 72.5. The largest absolute Gasteiger partial charge is 0.494 e. The molecule has 0 radical (unpaired) electrons. The summed E-state index contributed by atoms with van der Waals surface area (Å²) in [5.74, 6) is 1.29. The van der Waals surface area contributed by atoms with Gasteiger partial charge in [0, 0.05) is 46.0 Å². The predicted octanol–water partition coefficient (Wildman–Crippen LogP) is 11.0. The van der Waals surface area contributed by atoms with Gasteiger partial charge in [0.25, 0.3) is 20.2 Å². The number of ether oxygens (including phenoxy) is 2. The molecule has 2 aliphatic heterocycles. The van der Waals surface area contributed by atoms with Gasteiger partial charge >= 0.3 is 0 Å². The number of H-pyrrole nitrogens is 2. The maximum Gasteiger partial charge on any atom is 0.296 e. The van der Waals surface area contributed by atoms with Crippen molar-refractivity contribution in [3.63, 3.8) is 0 Å². The van der Waals surface area contributed by atoms with Crippen molar-refractivity contribution < 1.29 is 34.7 Å². The van der Waals surface area contributed by atoms with E-state index < -0.39 is 20.2 Å². The molecule has 0 saturated carbocycles. The molecule has 8 bridgehead atoms. The number of aromatic amines is 2. The minimum atomic E-state index is -3.84. The molecule has 0 saturated heterocycles. The smallest absolute Gasteiger partial charge is 0.296 e. The van der Waals surface area contributed by atoms with E-state index in [-0.39, 0.29) is 36.2 Å². The zero-order valence-electron chi connectivity index (χ0n) is 36.2. The Labute approximate surface area is 383 Å². The summed E-state index contributed by atoms with van der Waals surface area (Å²) in [6.45, 7) is 4.36. The van der Waals surface area contributed by atoms with E-state index in [1.165, 1.54) is 0 Å². The Morgan fingerprint density at radius 1 is 0.455 bits per heavy atom. The van der Waals surface area contributed by atoms with Gasteiger partial charge in [0.15, 0.2) is 0 Å². The molecule has 5 heterocycles. The Hall–Kier alpha value is -7.10. The van der Waals surface area contributed by atoms with Crippen LogP contribution < -0.4 is 9.47 Å². The van der Waals surface area contributed by atoms with E-state index in [2.05, 4.69) is 22.1 Å². The van der Waals surface area contributed by atoms with Gasteiger partial charge in [-0.3, -0.25) is 8.37 Å². The molecule has 66 heavy (non-hydrogen) atoms. The number of nitrogens with one attached hydrogen (secondary N) is 2. The van der Waals surface area contributed by atoms with Crippen LogP contribution in [-0.2, 0) is 28.6 Å². The SMILES string of the molecule is Cc1ccc(S(=O)(=O)OCCCOc2ccc(-c3c4nc(cc5ccc([nH]5)c(-c5ccc(OCCCOS(=O)(=O)c6ccc(C)cc6)cc5)c5ccc(cc6nc3C=C6)[nH]5)C=C4)cc2)cc1. The van der Waals surface area contributed by atoms with E-state index in [4.69, 9.17) is 27.8 Å². The molecule has 9 rings (SSSR count). The second-order valence-corrected chi connectivity index (χ2v) is 19.1. The molecule has 0 atom stereocenters. The lowest BCUT2D eigenvalue weighted by molar-refractivity contribution is 0.250. The summed E-state index contributed by atoms with van der Waals surface area (Å²) in [5.41, 5.74) is 12.2. The third-order valence-electron chi connectivity index (χ3n) is 10.9. The van der Waals surface area contributed by atoms with Gasteiger partial charge in [-0.1, -0.05) is 59.7 Å². The molecule has 3 aromatic heterocycles. The zero-order chi connectivity index (χ0) is 45.7. The van der Waals surface area contributed by atoms with E-state index >= 15 is 0 Å². The lowest BCUT2D eigenvalue weighted by Crippen LogP contribution is -2.10. The summed E-state index contributed by atoms with van der Waals surface area (Å²) in [6, 6.07) is 40.8. The quantitative estimate of drug-likeness (QED) is 0.0704. The molecule has 0 aliphatic carbocycles. The number of hydrogen-bond acceptors (Lipinski definition) is 10. The number of aryl methyl sites for hydroxylation is 2. The third-order valence-corrected chi connectivity index (χ3v) is 13.5. The lowest BCUT2D eigenvalue weighted by atomic mass is 10.0. The minimum Gasteiger partial charge on any atom is -0.494 e. The van der Waals surface area contributed by atoms with Crippen LogP contribution in [0.3, 0.4) is 0 Å². The molecule has 0 fully saturated rings. The highest BCUT2D eigenvalue weighted by Gasteiger charge is 2.18. The Balaban J connectivity index is 0.921. The fourth-order valence-electron chi connectivity index (χ4n) is 7.50. The van der Waals surface area contributed by atoms with Gasteiger partial charge < -0.3 is 19.4 Å². The summed E-state index contributed by atoms with van der Waals surface area (Å²) in [5, 5.41) is 0. The average Bonchev–Trinajstić information content (AvgIpc) is 4.15. The van der Waals surface area contributed by atoms with Gasteiger partial charge in [0.05, 0.1) is 59.0 Å². The van der Waals surface area contributed by atoms with Crippen LogP contribution >= 0.6 is 0 Å². The number of aromatic nitrogens is 4. The van der Waals surface area contributed by atoms with Gasteiger partial charge in [-0.15, -0.1) is 0 Å². The van der Waals surface area contributed by atoms with Crippen LogP contribution in [0.2, 0.25) is 0 Å². The zero-order valence-corrected chi connectivity index (χ0v) is 37.9. The second-order valence-electron chi connectivity index (χ2n) is 15.8. The van der Waals surface area contributed by atoms with Gasteiger partial charge in [0.1, 0.15) is 11.5 Å². The maximum atomic E-state index is 12.5. The first kappa shape index (κ1) is 44.1. The van der Waals surface area contributed by atoms with Crippen molar-refractivity contribution >= 4 is 66.6 Å². The van der Waals surface area contributed by atoms with Crippen molar-refractivity contribution in [2.45, 2.75) is 36.5 Å². The van der Waals surface area contributed by atoms with Gasteiger partial charge in [-0.05, 0) is 134 Å². The van der Waals surface area contributed by atoms with Crippen molar-refractivity contribution in [2.75, 3.05) is 26.4 Å². The number of nitrogens with zero attached hydrogens (tertiary/aromatic N) is 2. The first-order valence-electron chi connectivity index (χ1n) is 21.4. The molecule has 14 heteroatoms. The molecule has 4 aromatic carbocycles. The van der Waals surface area contributed by atoms with Crippen molar-refractivity contribution in [1.82, 2.24) is 19.9 Å². The highest BCUT2D eigenvalue weighted by atomic mass is 32.2. The second kappa shape index (κ2) is 19.2. The molecular weight excluding hydrogens is 873 g/mol. The van der Waals surface area contributed by atoms with E-state index in [1.807, 2.05) is 111 Å². The van der Waals surface area contributed by atoms with Crippen LogP contribution in [0.1, 0.15) is 46.7 Å². The first-order chi connectivity index (χ1) is 32.0. The van der Waals surface area contributed by atoms with Gasteiger partial charge in [-0.25, -0.2) is 9.97 Å². The summed E-state index contributed by atoms with van der Waals surface area (Å²) >= 11 is 0. The normalized spacial score (nSPS) is 12.4. The van der Waals surface area contributed by atoms with Crippen molar-refractivity contribution in [1.29, 1.82) is 0 Å². The van der Waals surface area contributed by atoms with Gasteiger partial charge in [-0.2, -0.15) is 16.8 Å². The van der Waals surface area contributed by atoms with Crippen LogP contribution in [0.4, 0.5) is 0 Å². The molecule has 0 spiro atoms. The summed E-state index contributed by atoms with van der Waals surface area (Å²) in [7, 11) is -7.67. The topological polar surface area (TPSA) is 163 Å². The van der Waals surface area contributed by atoms with E-state index in [1.54, 1.807) is 48.5 Å². The van der Waals surface area contributed by atoms with Gasteiger partial charge in [0.2, 0.25) is 0 Å². The predicted molar refractivity (Wildman–Crippen MR) is 259 cm³/mol. The van der Waals surface area contributed by atoms with Crippen LogP contribution in [0.15, 0.2) is 143 Å². The Morgan fingerprint density at radius 3 is 1.29 bits per heavy atom. The Kier molecular flexibility index (Phi) is 12.8. The van der Waals surface area contributed by atoms with Crippen molar-refractivity contribution in [3.8, 4) is 33.8 Å². The van der Waals surface area contributed by atoms with E-state index in [0.717, 1.165) is 78.2 Å². The molecule has 334 valence electrons. The molecule has 0 unspecified atom stereocenters. The van der Waals surface area contributed by atoms with Crippen LogP contribution in [0.25, 0.3) is 68.6 Å². The van der Waals surface area contributed by atoms with Crippen LogP contribution in [0.5, 0.6) is 11.5 Å². The van der Waals surface area contributed by atoms with E-state index in [0.29, 0.717) is 24.3 Å². The standard InChI is InChI=1S/C52H46N4O8S2/c1-35-5-21-45(22-6-35)65(57,58)63-31-3-29-61-43-17-9-37(10-18-43)51-47-25-13-39(53-47)33-41-15-27-49(55-41)52(50-28-16-42(56-50)34-40-14-26-48(51)54-40)38-11-19-44(20-12-38)62-30-4-32-64-66(59,60)46-23-7-36(2)8-24-46/h5-28,33-34,53-54H,3-4,29-32H2,1-2H3. The van der Waals surface area contributed by atoms with Crippen molar-refractivity contribution in [2.24, 2.45) is 0 Å². The maximum absolute atomic E-state index is 12.5. The van der Waals surface area contributed by atoms with E-state index in [9.17, 15) is 16.8 Å². The lowest BCUT2D eigenvalue weighted by Gasteiger charge is -2.09. The molecular formula is C52H46N4O8S2. The first-order valence-corrected chi connectivity index (χ1v) is 24.3. The third kappa shape index (κ3) is 10.4.